The molecule has 0 aromatic carbocycles. The van der Waals surface area contributed by atoms with E-state index in [4.69, 9.17) is 4.74 Å². The highest BCUT2D eigenvalue weighted by atomic mass is 16.6. The number of imide groups is 1. The number of nitrogens with one attached hydrogen (secondary N) is 3. The molecule has 3 aliphatic rings. The molecule has 0 aromatic rings. The number of hydrogen-bond acceptors (Lipinski definition) is 5. The monoisotopic (exact) mass is 380 g/mol. The Morgan fingerprint density at radius 2 is 2.00 bits per heavy atom. The van der Waals surface area contributed by atoms with Gasteiger partial charge in [0.15, 0.2) is 0 Å². The number of urea groups is 1. The second-order valence-corrected chi connectivity index (χ2v) is 8.73. The molecule has 0 unspecified atom stereocenters. The number of carbonyl (C=O) groups is 4. The highest BCUT2D eigenvalue weighted by Crippen LogP contribution is 2.37. The van der Waals surface area contributed by atoms with E-state index >= 15 is 0 Å². The van der Waals surface area contributed by atoms with Crippen LogP contribution in [0.5, 0.6) is 0 Å². The van der Waals surface area contributed by atoms with Crippen LogP contribution in [0, 0.1) is 11.8 Å². The zero-order valence-corrected chi connectivity index (χ0v) is 16.1. The van der Waals surface area contributed by atoms with Crippen LogP contribution in [0.1, 0.15) is 46.5 Å². The van der Waals surface area contributed by atoms with E-state index in [2.05, 4.69) is 16.0 Å². The summed E-state index contributed by atoms with van der Waals surface area (Å²) in [6.07, 6.45) is 2.19. The first-order valence-corrected chi connectivity index (χ1v) is 9.47. The Morgan fingerprint density at radius 1 is 1.30 bits per heavy atom. The molecule has 9 nitrogen and oxygen atoms in total. The van der Waals surface area contributed by atoms with Gasteiger partial charge in [-0.25, -0.2) is 9.59 Å². The molecule has 2 heterocycles. The van der Waals surface area contributed by atoms with Crippen LogP contribution in [0.3, 0.4) is 0 Å². The number of amides is 5. The SMILES string of the molecule is CC(C)(C)OC(=O)N1CC(CC(=O)NC[C@@H]2CCC[C@@]23NC(=O)NC3=O)C1. The molecule has 9 heteroatoms. The topological polar surface area (TPSA) is 117 Å². The Morgan fingerprint density at radius 3 is 2.59 bits per heavy atom. The van der Waals surface area contributed by atoms with Crippen molar-refractivity contribution in [3.05, 3.63) is 0 Å². The van der Waals surface area contributed by atoms with Crippen molar-refractivity contribution in [2.75, 3.05) is 19.6 Å². The van der Waals surface area contributed by atoms with Crippen molar-refractivity contribution >= 4 is 23.9 Å². The minimum Gasteiger partial charge on any atom is -0.444 e. The number of rotatable bonds is 4. The zero-order chi connectivity index (χ0) is 19.8. The summed E-state index contributed by atoms with van der Waals surface area (Å²) in [5, 5.41) is 7.93. The standard InChI is InChI=1S/C18H28N4O5/c1-17(2,3)27-16(26)22-9-11(10-22)7-13(23)19-8-12-5-4-6-18(12)14(24)20-15(25)21-18/h11-12H,4-10H2,1-3H3,(H,19,23)(H2,20,21,24,25)/t12-,18+/m0/s1. The van der Waals surface area contributed by atoms with E-state index < -0.39 is 17.2 Å². The van der Waals surface area contributed by atoms with Gasteiger partial charge < -0.3 is 20.3 Å². The number of hydrogen-bond donors (Lipinski definition) is 3. The summed E-state index contributed by atoms with van der Waals surface area (Å²) in [4.78, 5) is 49.3. The first-order chi connectivity index (χ1) is 12.6. The van der Waals surface area contributed by atoms with Crippen LogP contribution in [0.2, 0.25) is 0 Å². The molecule has 0 radical (unpaired) electrons. The molecule has 3 fully saturated rings. The molecule has 3 N–H and O–H groups in total. The van der Waals surface area contributed by atoms with Crippen molar-refractivity contribution in [3.8, 4) is 0 Å². The van der Waals surface area contributed by atoms with Gasteiger partial charge in [0.2, 0.25) is 5.91 Å². The van der Waals surface area contributed by atoms with Crippen LogP contribution in [0.4, 0.5) is 9.59 Å². The predicted molar refractivity (Wildman–Crippen MR) is 95.7 cm³/mol. The maximum atomic E-state index is 12.2. The summed E-state index contributed by atoms with van der Waals surface area (Å²) in [6, 6.07) is -0.463. The fraction of sp³-hybridized carbons (Fsp3) is 0.778. The lowest BCUT2D eigenvalue weighted by atomic mass is 9.87. The highest BCUT2D eigenvalue weighted by Gasteiger charge is 2.54. The molecule has 2 atom stereocenters. The maximum Gasteiger partial charge on any atom is 0.410 e. The number of carbonyl (C=O) groups excluding carboxylic acids is 4. The first-order valence-electron chi connectivity index (χ1n) is 9.47. The minimum atomic E-state index is -0.881. The van der Waals surface area contributed by atoms with Crippen LogP contribution in [-0.4, -0.2) is 59.6 Å². The number of ether oxygens (including phenoxy) is 1. The molecule has 3 rings (SSSR count). The van der Waals surface area contributed by atoms with E-state index in [1.807, 2.05) is 20.8 Å². The van der Waals surface area contributed by atoms with Crippen LogP contribution >= 0.6 is 0 Å². The number of likely N-dealkylation sites (tertiary alicyclic amines) is 1. The summed E-state index contributed by atoms with van der Waals surface area (Å²) in [5.41, 5.74) is -1.41. The van der Waals surface area contributed by atoms with Gasteiger partial charge in [0.05, 0.1) is 0 Å². The second-order valence-electron chi connectivity index (χ2n) is 8.73. The lowest BCUT2D eigenvalue weighted by Gasteiger charge is -2.39. The van der Waals surface area contributed by atoms with E-state index in [9.17, 15) is 19.2 Å². The van der Waals surface area contributed by atoms with Crippen LogP contribution in [0.25, 0.3) is 0 Å². The Balaban J connectivity index is 1.40. The largest absolute Gasteiger partial charge is 0.444 e. The Hall–Kier alpha value is -2.32. The number of nitrogens with zero attached hydrogens (tertiary/aromatic N) is 1. The summed E-state index contributed by atoms with van der Waals surface area (Å²) in [6.45, 7) is 6.83. The van der Waals surface area contributed by atoms with Gasteiger partial charge in [-0.05, 0) is 33.6 Å². The second kappa shape index (κ2) is 7.01. The summed E-state index contributed by atoms with van der Waals surface area (Å²) in [5.74, 6) is -0.385. The molecule has 2 aliphatic heterocycles. The average Bonchev–Trinajstić information content (AvgIpc) is 3.02. The summed E-state index contributed by atoms with van der Waals surface area (Å²) >= 11 is 0. The van der Waals surface area contributed by atoms with Gasteiger partial charge in [-0.2, -0.15) is 0 Å². The van der Waals surface area contributed by atoms with E-state index in [-0.39, 0.29) is 29.7 Å². The van der Waals surface area contributed by atoms with Gasteiger partial charge in [-0.3, -0.25) is 14.9 Å². The van der Waals surface area contributed by atoms with E-state index in [1.54, 1.807) is 4.90 Å². The van der Waals surface area contributed by atoms with Gasteiger partial charge >= 0.3 is 12.1 Å². The van der Waals surface area contributed by atoms with Crippen molar-refractivity contribution in [2.45, 2.75) is 57.6 Å². The lowest BCUT2D eigenvalue weighted by Crippen LogP contribution is -2.54. The molecule has 5 amide bonds. The molecule has 27 heavy (non-hydrogen) atoms. The molecule has 150 valence electrons. The molecule has 1 saturated carbocycles. The lowest BCUT2D eigenvalue weighted by molar-refractivity contribution is -0.127. The highest BCUT2D eigenvalue weighted by molar-refractivity contribution is 6.07. The van der Waals surface area contributed by atoms with Crippen LogP contribution in [-0.2, 0) is 14.3 Å². The fourth-order valence-electron chi connectivity index (χ4n) is 4.07. The summed E-state index contributed by atoms with van der Waals surface area (Å²) in [7, 11) is 0. The minimum absolute atomic E-state index is 0.101. The fourth-order valence-corrected chi connectivity index (χ4v) is 4.07. The molecule has 0 aromatic heterocycles. The van der Waals surface area contributed by atoms with Crippen LogP contribution < -0.4 is 16.0 Å². The zero-order valence-electron chi connectivity index (χ0n) is 16.1. The Kier molecular flexibility index (Phi) is 5.05. The van der Waals surface area contributed by atoms with Gasteiger partial charge in [0, 0.05) is 37.9 Å². The molecular weight excluding hydrogens is 352 g/mol. The van der Waals surface area contributed by atoms with E-state index in [0.717, 1.165) is 12.8 Å². The van der Waals surface area contributed by atoms with Crippen molar-refractivity contribution in [3.63, 3.8) is 0 Å². The third-order valence-electron chi connectivity index (χ3n) is 5.42. The molecule has 1 spiro atoms. The normalized spacial score (nSPS) is 28.0. The van der Waals surface area contributed by atoms with Gasteiger partial charge in [-0.15, -0.1) is 0 Å². The predicted octanol–water partition coefficient (Wildman–Crippen LogP) is 0.738. The third-order valence-corrected chi connectivity index (χ3v) is 5.42. The quantitative estimate of drug-likeness (QED) is 0.622. The van der Waals surface area contributed by atoms with Crippen LogP contribution in [0.15, 0.2) is 0 Å². The average molecular weight is 380 g/mol. The Labute approximate surface area is 158 Å². The molecule has 2 saturated heterocycles. The van der Waals surface area contributed by atoms with Crippen molar-refractivity contribution in [1.82, 2.24) is 20.9 Å². The Bertz CT molecular complexity index is 653. The maximum absolute atomic E-state index is 12.2. The first kappa shape index (κ1) is 19.4. The van der Waals surface area contributed by atoms with Crippen molar-refractivity contribution in [2.24, 2.45) is 11.8 Å². The smallest absolute Gasteiger partial charge is 0.410 e. The van der Waals surface area contributed by atoms with Gasteiger partial charge in [-0.1, -0.05) is 6.42 Å². The third kappa shape index (κ3) is 4.17. The summed E-state index contributed by atoms with van der Waals surface area (Å²) < 4.78 is 5.30. The molecule has 0 bridgehead atoms. The molecule has 1 aliphatic carbocycles. The van der Waals surface area contributed by atoms with Crippen molar-refractivity contribution in [1.29, 1.82) is 0 Å². The van der Waals surface area contributed by atoms with Crippen molar-refractivity contribution < 1.29 is 23.9 Å². The molecular formula is C18H28N4O5. The van der Waals surface area contributed by atoms with Gasteiger partial charge in [0.25, 0.3) is 5.91 Å². The van der Waals surface area contributed by atoms with E-state index in [1.165, 1.54) is 0 Å². The van der Waals surface area contributed by atoms with Gasteiger partial charge in [0.1, 0.15) is 11.1 Å². The van der Waals surface area contributed by atoms with E-state index in [0.29, 0.717) is 32.5 Å².